The summed E-state index contributed by atoms with van der Waals surface area (Å²) in [7, 11) is 1.54. The van der Waals surface area contributed by atoms with Gasteiger partial charge < -0.3 is 0 Å². The van der Waals surface area contributed by atoms with Gasteiger partial charge in [0.2, 0.25) is 0 Å². The molecule has 0 fully saturated rings. The van der Waals surface area contributed by atoms with Crippen LogP contribution in [0.25, 0.3) is 11.4 Å². The van der Waals surface area contributed by atoms with Gasteiger partial charge in [0, 0.05) is 32.4 Å². The van der Waals surface area contributed by atoms with Crippen LogP contribution in [0.5, 0.6) is 0 Å². The summed E-state index contributed by atoms with van der Waals surface area (Å²) >= 11 is 0. The lowest BCUT2D eigenvalue weighted by Crippen LogP contribution is -2.18. The van der Waals surface area contributed by atoms with Gasteiger partial charge >= 0.3 is 0 Å². The zero-order chi connectivity index (χ0) is 12.4. The van der Waals surface area contributed by atoms with Crippen molar-refractivity contribution in [1.82, 2.24) is 19.7 Å². The number of carbonyl (C=O) groups excluding carboxylic acids is 1. The Labute approximate surface area is 97.0 Å². The van der Waals surface area contributed by atoms with Gasteiger partial charge in [0.1, 0.15) is 17.1 Å². The maximum Gasteiger partial charge on any atom is 0.266 e. The van der Waals surface area contributed by atoms with Gasteiger partial charge in [0.25, 0.3) is 5.56 Å². The molecule has 0 bridgehead atoms. The molecule has 0 aromatic carbocycles. The lowest BCUT2D eigenvalue weighted by atomic mass is 10.2. The molecule has 2 rings (SSSR count). The first-order chi connectivity index (χ1) is 8.09. The van der Waals surface area contributed by atoms with Crippen molar-refractivity contribution in [1.29, 1.82) is 0 Å². The quantitative estimate of drug-likeness (QED) is 0.699. The number of hydrogen-bond acceptors (Lipinski definition) is 5. The SMILES string of the molecule is CC(=O)c1nccnc1-c1ccc(=O)n(C)n1. The van der Waals surface area contributed by atoms with E-state index in [0.29, 0.717) is 11.4 Å². The lowest BCUT2D eigenvalue weighted by molar-refractivity contribution is 0.101. The molecule has 0 N–H and O–H groups in total. The molecule has 6 heteroatoms. The molecule has 0 aliphatic heterocycles. The van der Waals surface area contributed by atoms with Gasteiger partial charge in [-0.2, -0.15) is 5.10 Å². The predicted octanol–water partition coefficient (Wildman–Crippen LogP) is 0.440. The number of Topliss-reactive ketones (excluding diaryl/α,β-unsaturated/α-hetero) is 1. The molecule has 2 aromatic rings. The molecular weight excluding hydrogens is 220 g/mol. The molecular formula is C11H10N4O2. The van der Waals surface area contributed by atoms with E-state index in [9.17, 15) is 9.59 Å². The van der Waals surface area contributed by atoms with Crippen LogP contribution in [0.1, 0.15) is 17.4 Å². The van der Waals surface area contributed by atoms with Crippen molar-refractivity contribution in [2.75, 3.05) is 0 Å². The Balaban J connectivity index is 2.64. The van der Waals surface area contributed by atoms with Crippen LogP contribution < -0.4 is 5.56 Å². The van der Waals surface area contributed by atoms with Crippen molar-refractivity contribution in [2.45, 2.75) is 6.92 Å². The molecule has 2 aromatic heterocycles. The van der Waals surface area contributed by atoms with Gasteiger partial charge in [-0.1, -0.05) is 0 Å². The van der Waals surface area contributed by atoms with Gasteiger partial charge in [-0.25, -0.2) is 9.67 Å². The number of nitrogens with zero attached hydrogens (tertiary/aromatic N) is 4. The summed E-state index contributed by atoms with van der Waals surface area (Å²) in [6.07, 6.45) is 2.93. The highest BCUT2D eigenvalue weighted by molar-refractivity contribution is 5.97. The van der Waals surface area contributed by atoms with Gasteiger partial charge in [0.05, 0.1) is 0 Å². The lowest BCUT2D eigenvalue weighted by Gasteiger charge is -2.04. The number of aryl methyl sites for hydroxylation is 1. The molecule has 0 unspecified atom stereocenters. The number of rotatable bonds is 2. The Kier molecular flexibility index (Phi) is 2.78. The monoisotopic (exact) mass is 230 g/mol. The summed E-state index contributed by atoms with van der Waals surface area (Å²) in [5, 5.41) is 4.04. The molecule has 6 nitrogen and oxygen atoms in total. The Morgan fingerprint density at radius 1 is 1.24 bits per heavy atom. The van der Waals surface area contributed by atoms with Crippen molar-refractivity contribution >= 4 is 5.78 Å². The van der Waals surface area contributed by atoms with E-state index in [2.05, 4.69) is 15.1 Å². The van der Waals surface area contributed by atoms with Gasteiger partial charge in [-0.3, -0.25) is 14.6 Å². The summed E-state index contributed by atoms with van der Waals surface area (Å²) < 4.78 is 1.19. The topological polar surface area (TPSA) is 77.7 Å². The van der Waals surface area contributed by atoms with E-state index in [0.717, 1.165) is 0 Å². The van der Waals surface area contributed by atoms with E-state index in [-0.39, 0.29) is 17.0 Å². The van der Waals surface area contributed by atoms with Crippen LogP contribution in [0.4, 0.5) is 0 Å². The summed E-state index contributed by atoms with van der Waals surface area (Å²) in [5.41, 5.74) is 0.863. The molecule has 0 atom stereocenters. The van der Waals surface area contributed by atoms with Crippen LogP contribution in [0.2, 0.25) is 0 Å². The second-order valence-corrected chi connectivity index (χ2v) is 3.49. The largest absolute Gasteiger partial charge is 0.293 e. The average molecular weight is 230 g/mol. The molecule has 0 spiro atoms. The third-order valence-electron chi connectivity index (χ3n) is 2.23. The van der Waals surface area contributed by atoms with Crippen LogP contribution in [0.3, 0.4) is 0 Å². The number of ketones is 1. The maximum absolute atomic E-state index is 11.4. The normalized spacial score (nSPS) is 10.2. The van der Waals surface area contributed by atoms with E-state index in [1.807, 2.05) is 0 Å². The Bertz CT molecular complexity index is 633. The third-order valence-corrected chi connectivity index (χ3v) is 2.23. The second kappa shape index (κ2) is 4.25. The fourth-order valence-corrected chi connectivity index (χ4v) is 1.41. The van der Waals surface area contributed by atoms with Crippen molar-refractivity contribution in [3.8, 4) is 11.4 Å². The number of aromatic nitrogens is 4. The molecule has 0 aliphatic carbocycles. The first kappa shape index (κ1) is 11.1. The minimum Gasteiger partial charge on any atom is -0.293 e. The molecule has 0 aliphatic rings. The number of hydrogen-bond donors (Lipinski definition) is 0. The minimum atomic E-state index is -0.220. The van der Waals surface area contributed by atoms with Crippen LogP contribution in [0.15, 0.2) is 29.3 Å². The van der Waals surface area contributed by atoms with Crippen LogP contribution in [0, 0.1) is 0 Å². The molecule has 17 heavy (non-hydrogen) atoms. The molecule has 0 saturated heterocycles. The average Bonchev–Trinajstić information content (AvgIpc) is 2.32. The minimum absolute atomic E-state index is 0.191. The van der Waals surface area contributed by atoms with E-state index < -0.39 is 0 Å². The zero-order valence-electron chi connectivity index (χ0n) is 9.41. The Hall–Kier alpha value is -2.37. The fourth-order valence-electron chi connectivity index (χ4n) is 1.41. The van der Waals surface area contributed by atoms with Crippen molar-refractivity contribution < 1.29 is 4.79 Å². The second-order valence-electron chi connectivity index (χ2n) is 3.49. The molecule has 0 radical (unpaired) electrons. The van der Waals surface area contributed by atoms with E-state index >= 15 is 0 Å². The first-order valence-corrected chi connectivity index (χ1v) is 4.96. The molecule has 86 valence electrons. The van der Waals surface area contributed by atoms with E-state index in [4.69, 9.17) is 0 Å². The highest BCUT2D eigenvalue weighted by Crippen LogP contribution is 2.15. The predicted molar refractivity (Wildman–Crippen MR) is 60.5 cm³/mol. The van der Waals surface area contributed by atoms with Gasteiger partial charge in [0.15, 0.2) is 5.78 Å². The first-order valence-electron chi connectivity index (χ1n) is 4.96. The summed E-state index contributed by atoms with van der Waals surface area (Å²) in [6.45, 7) is 1.41. The zero-order valence-corrected chi connectivity index (χ0v) is 9.41. The van der Waals surface area contributed by atoms with Crippen molar-refractivity contribution in [3.05, 3.63) is 40.6 Å². The fraction of sp³-hybridized carbons (Fsp3) is 0.182. The summed E-state index contributed by atoms with van der Waals surface area (Å²) in [4.78, 5) is 30.7. The highest BCUT2D eigenvalue weighted by Gasteiger charge is 2.13. The Morgan fingerprint density at radius 3 is 2.59 bits per heavy atom. The highest BCUT2D eigenvalue weighted by atomic mass is 16.1. The standard InChI is InChI=1S/C11H10N4O2/c1-7(16)10-11(13-6-5-12-10)8-3-4-9(17)15(2)14-8/h3-6H,1-2H3. The summed E-state index contributed by atoms with van der Waals surface area (Å²) in [6, 6.07) is 2.90. The maximum atomic E-state index is 11.4. The van der Waals surface area contributed by atoms with Crippen molar-refractivity contribution in [3.63, 3.8) is 0 Å². The van der Waals surface area contributed by atoms with E-state index in [1.54, 1.807) is 0 Å². The Morgan fingerprint density at radius 2 is 1.94 bits per heavy atom. The van der Waals surface area contributed by atoms with Crippen LogP contribution in [-0.2, 0) is 7.05 Å². The summed E-state index contributed by atoms with van der Waals surface area (Å²) in [5.74, 6) is -0.191. The molecule has 0 saturated carbocycles. The smallest absolute Gasteiger partial charge is 0.266 e. The van der Waals surface area contributed by atoms with Crippen molar-refractivity contribution in [2.24, 2.45) is 7.05 Å². The van der Waals surface area contributed by atoms with E-state index in [1.165, 1.54) is 43.2 Å². The number of carbonyl (C=O) groups is 1. The third kappa shape index (κ3) is 2.10. The molecule has 0 amide bonds. The van der Waals surface area contributed by atoms with Gasteiger partial charge in [-0.15, -0.1) is 0 Å². The molecule has 2 heterocycles. The van der Waals surface area contributed by atoms with Gasteiger partial charge in [-0.05, 0) is 6.07 Å². The van der Waals surface area contributed by atoms with Crippen LogP contribution >= 0.6 is 0 Å². The van der Waals surface area contributed by atoms with Crippen LogP contribution in [-0.4, -0.2) is 25.5 Å².